The third kappa shape index (κ3) is 2.40. The lowest BCUT2D eigenvalue weighted by molar-refractivity contribution is -0.126. The van der Waals surface area contributed by atoms with Gasteiger partial charge in [-0.15, -0.1) is 0 Å². The molecular formula is C13H24N2O. The molecule has 0 aromatic carbocycles. The summed E-state index contributed by atoms with van der Waals surface area (Å²) < 4.78 is 0. The molecule has 3 N–H and O–H groups in total. The molecule has 0 aromatic rings. The smallest absolute Gasteiger partial charge is 0.220 e. The summed E-state index contributed by atoms with van der Waals surface area (Å²) in [5, 5.41) is 2.90. The second-order valence-electron chi connectivity index (χ2n) is 6.13. The van der Waals surface area contributed by atoms with Crippen LogP contribution in [0.1, 0.15) is 51.9 Å². The highest BCUT2D eigenvalue weighted by Gasteiger charge is 2.46. The minimum Gasteiger partial charge on any atom is -0.355 e. The fraction of sp³-hybridized carbons (Fsp3) is 0.923. The lowest BCUT2D eigenvalue weighted by Gasteiger charge is -2.52. The van der Waals surface area contributed by atoms with E-state index in [-0.39, 0.29) is 5.91 Å². The van der Waals surface area contributed by atoms with Gasteiger partial charge in [-0.25, -0.2) is 0 Å². The van der Waals surface area contributed by atoms with Crippen molar-refractivity contribution in [3.63, 3.8) is 0 Å². The average Bonchev–Trinajstić information content (AvgIpc) is 2.29. The minimum atomic E-state index is 0.205. The van der Waals surface area contributed by atoms with Gasteiger partial charge in [-0.05, 0) is 49.4 Å². The first-order valence-corrected chi connectivity index (χ1v) is 6.54. The van der Waals surface area contributed by atoms with Crippen LogP contribution in [0.25, 0.3) is 0 Å². The first-order valence-electron chi connectivity index (χ1n) is 6.54. The predicted molar refractivity (Wildman–Crippen MR) is 64.9 cm³/mol. The first-order chi connectivity index (χ1) is 7.58. The zero-order valence-electron chi connectivity index (χ0n) is 10.3. The SMILES string of the molecule is CC12CCC(CC(=O)NCCN)(CC1)CC2. The molecule has 0 aliphatic heterocycles. The van der Waals surface area contributed by atoms with Crippen LogP contribution in [0.15, 0.2) is 0 Å². The van der Waals surface area contributed by atoms with Crippen LogP contribution >= 0.6 is 0 Å². The molecule has 0 aromatic heterocycles. The van der Waals surface area contributed by atoms with Crippen molar-refractivity contribution in [1.82, 2.24) is 5.32 Å². The Hall–Kier alpha value is -0.570. The summed E-state index contributed by atoms with van der Waals surface area (Å²) in [7, 11) is 0. The molecule has 3 saturated carbocycles. The highest BCUT2D eigenvalue weighted by atomic mass is 16.1. The molecule has 3 fully saturated rings. The Labute approximate surface area is 98.2 Å². The van der Waals surface area contributed by atoms with Crippen molar-refractivity contribution < 1.29 is 4.79 Å². The van der Waals surface area contributed by atoms with E-state index in [9.17, 15) is 4.79 Å². The van der Waals surface area contributed by atoms with E-state index in [0.29, 0.717) is 23.9 Å². The lowest BCUT2D eigenvalue weighted by atomic mass is 9.53. The van der Waals surface area contributed by atoms with Crippen molar-refractivity contribution in [3.8, 4) is 0 Å². The Morgan fingerprint density at radius 2 is 1.75 bits per heavy atom. The summed E-state index contributed by atoms with van der Waals surface area (Å²) in [6, 6.07) is 0. The Bertz CT molecular complexity index is 251. The largest absolute Gasteiger partial charge is 0.355 e. The second kappa shape index (κ2) is 4.36. The average molecular weight is 224 g/mol. The molecule has 1 amide bonds. The van der Waals surface area contributed by atoms with Crippen molar-refractivity contribution in [2.75, 3.05) is 13.1 Å². The fourth-order valence-corrected chi connectivity index (χ4v) is 3.33. The van der Waals surface area contributed by atoms with Gasteiger partial charge < -0.3 is 11.1 Å². The molecule has 0 heterocycles. The molecule has 3 aliphatic rings. The van der Waals surface area contributed by atoms with E-state index in [0.717, 1.165) is 6.42 Å². The van der Waals surface area contributed by atoms with E-state index < -0.39 is 0 Å². The molecule has 0 radical (unpaired) electrons. The third-order valence-electron chi connectivity index (χ3n) is 4.78. The van der Waals surface area contributed by atoms with Crippen molar-refractivity contribution in [3.05, 3.63) is 0 Å². The van der Waals surface area contributed by atoms with Crippen molar-refractivity contribution in [2.45, 2.75) is 51.9 Å². The lowest BCUT2D eigenvalue weighted by Crippen LogP contribution is -2.43. The van der Waals surface area contributed by atoms with Crippen LogP contribution in [0, 0.1) is 10.8 Å². The summed E-state index contributed by atoms with van der Waals surface area (Å²) in [6.07, 6.45) is 8.42. The molecule has 0 spiro atoms. The number of carbonyl (C=O) groups is 1. The zero-order valence-corrected chi connectivity index (χ0v) is 10.3. The summed E-state index contributed by atoms with van der Waals surface area (Å²) >= 11 is 0. The summed E-state index contributed by atoms with van der Waals surface area (Å²) in [5.74, 6) is 0.205. The van der Waals surface area contributed by atoms with E-state index in [1.54, 1.807) is 0 Å². The zero-order chi connectivity index (χ0) is 11.6. The Balaban J connectivity index is 1.87. The Morgan fingerprint density at radius 1 is 1.19 bits per heavy atom. The minimum absolute atomic E-state index is 0.205. The van der Waals surface area contributed by atoms with Gasteiger partial charge in [0, 0.05) is 19.5 Å². The van der Waals surface area contributed by atoms with Gasteiger partial charge >= 0.3 is 0 Å². The maximum Gasteiger partial charge on any atom is 0.220 e. The monoisotopic (exact) mass is 224 g/mol. The molecule has 16 heavy (non-hydrogen) atoms. The number of hydrogen-bond acceptors (Lipinski definition) is 2. The topological polar surface area (TPSA) is 55.1 Å². The number of carbonyl (C=O) groups excluding carboxylic acids is 1. The number of nitrogens with one attached hydrogen (secondary N) is 1. The molecule has 0 unspecified atom stereocenters. The highest BCUT2D eigenvalue weighted by molar-refractivity contribution is 5.76. The van der Waals surface area contributed by atoms with Crippen LogP contribution in [0.4, 0.5) is 0 Å². The summed E-state index contributed by atoms with van der Waals surface area (Å²) in [6.45, 7) is 3.56. The van der Waals surface area contributed by atoms with E-state index >= 15 is 0 Å². The van der Waals surface area contributed by atoms with E-state index in [4.69, 9.17) is 5.73 Å². The van der Waals surface area contributed by atoms with Gasteiger partial charge in [0.05, 0.1) is 0 Å². The van der Waals surface area contributed by atoms with Gasteiger partial charge in [0.15, 0.2) is 0 Å². The third-order valence-corrected chi connectivity index (χ3v) is 4.78. The van der Waals surface area contributed by atoms with E-state index in [2.05, 4.69) is 12.2 Å². The molecule has 0 atom stereocenters. The van der Waals surface area contributed by atoms with Gasteiger partial charge in [0.2, 0.25) is 5.91 Å². The standard InChI is InChI=1S/C13H24N2O/c1-12-2-5-13(6-3-12,7-4-12)10-11(16)15-9-8-14/h2-10,14H2,1H3,(H,15,16). The molecular weight excluding hydrogens is 200 g/mol. The van der Waals surface area contributed by atoms with Crippen molar-refractivity contribution in [2.24, 2.45) is 16.6 Å². The molecule has 0 saturated heterocycles. The van der Waals surface area contributed by atoms with Crippen LogP contribution in [-0.4, -0.2) is 19.0 Å². The second-order valence-corrected chi connectivity index (χ2v) is 6.13. The summed E-state index contributed by atoms with van der Waals surface area (Å²) in [4.78, 5) is 11.8. The van der Waals surface area contributed by atoms with Gasteiger partial charge in [-0.1, -0.05) is 6.92 Å². The molecule has 92 valence electrons. The number of fused-ring (bicyclic) bond motifs is 3. The van der Waals surface area contributed by atoms with Crippen LogP contribution in [-0.2, 0) is 4.79 Å². The normalized spacial score (nSPS) is 37.4. The number of amides is 1. The van der Waals surface area contributed by atoms with Gasteiger partial charge in [0.25, 0.3) is 0 Å². The molecule has 2 bridgehead atoms. The molecule has 3 heteroatoms. The van der Waals surface area contributed by atoms with E-state index in [1.165, 1.54) is 38.5 Å². The number of hydrogen-bond donors (Lipinski definition) is 2. The van der Waals surface area contributed by atoms with Crippen LogP contribution in [0.3, 0.4) is 0 Å². The number of nitrogens with two attached hydrogens (primary N) is 1. The van der Waals surface area contributed by atoms with Crippen LogP contribution in [0.2, 0.25) is 0 Å². The predicted octanol–water partition coefficient (Wildman–Crippen LogP) is 1.81. The van der Waals surface area contributed by atoms with Crippen molar-refractivity contribution >= 4 is 5.91 Å². The number of rotatable bonds is 4. The highest BCUT2D eigenvalue weighted by Crippen LogP contribution is 2.57. The maximum atomic E-state index is 11.8. The summed E-state index contributed by atoms with van der Waals surface area (Å²) in [5.41, 5.74) is 6.31. The van der Waals surface area contributed by atoms with Gasteiger partial charge in [-0.2, -0.15) is 0 Å². The van der Waals surface area contributed by atoms with Crippen LogP contribution < -0.4 is 11.1 Å². The molecule has 3 aliphatic carbocycles. The first kappa shape index (κ1) is 11.9. The maximum absolute atomic E-state index is 11.8. The molecule has 3 nitrogen and oxygen atoms in total. The Kier molecular flexibility index (Phi) is 3.24. The fourth-order valence-electron chi connectivity index (χ4n) is 3.33. The molecule has 3 rings (SSSR count). The van der Waals surface area contributed by atoms with Crippen LogP contribution in [0.5, 0.6) is 0 Å². The quantitative estimate of drug-likeness (QED) is 0.765. The van der Waals surface area contributed by atoms with Gasteiger partial charge in [-0.3, -0.25) is 4.79 Å². The van der Waals surface area contributed by atoms with E-state index in [1.807, 2.05) is 0 Å². The van der Waals surface area contributed by atoms with Gasteiger partial charge in [0.1, 0.15) is 0 Å². The van der Waals surface area contributed by atoms with Crippen molar-refractivity contribution in [1.29, 1.82) is 0 Å². The Morgan fingerprint density at radius 3 is 2.25 bits per heavy atom.